The highest BCUT2D eigenvalue weighted by atomic mass is 16.1. The van der Waals surface area contributed by atoms with Crippen molar-refractivity contribution in [2.45, 2.75) is 26.7 Å². The highest BCUT2D eigenvalue weighted by molar-refractivity contribution is 5.92. The summed E-state index contributed by atoms with van der Waals surface area (Å²) in [5.74, 6) is 1.16. The number of rotatable bonds is 6. The van der Waals surface area contributed by atoms with Gasteiger partial charge >= 0.3 is 0 Å². The van der Waals surface area contributed by atoms with E-state index in [0.29, 0.717) is 18.1 Å². The number of fused-ring (bicyclic) bond motifs is 1. The van der Waals surface area contributed by atoms with Gasteiger partial charge in [-0.1, -0.05) is 6.07 Å². The van der Waals surface area contributed by atoms with Crippen LogP contribution in [0.5, 0.6) is 0 Å². The minimum Gasteiger partial charge on any atom is -0.351 e. The van der Waals surface area contributed by atoms with Gasteiger partial charge in [0, 0.05) is 19.0 Å². The maximum Gasteiger partial charge on any atom is 0.269 e. The zero-order valence-electron chi connectivity index (χ0n) is 15.0. The summed E-state index contributed by atoms with van der Waals surface area (Å²) >= 11 is 0. The van der Waals surface area contributed by atoms with Gasteiger partial charge in [-0.15, -0.1) is 5.10 Å². The molecule has 3 N–H and O–H groups in total. The molecular weight excluding hydrogens is 346 g/mol. The van der Waals surface area contributed by atoms with Crippen molar-refractivity contribution in [2.75, 3.05) is 6.54 Å². The largest absolute Gasteiger partial charge is 0.351 e. The Morgan fingerprint density at radius 3 is 3.00 bits per heavy atom. The fourth-order valence-corrected chi connectivity index (χ4v) is 2.85. The van der Waals surface area contributed by atoms with E-state index in [1.165, 1.54) is 22.1 Å². The number of carbonyl (C=O) groups is 1. The van der Waals surface area contributed by atoms with Crippen LogP contribution >= 0.6 is 0 Å². The van der Waals surface area contributed by atoms with Crippen LogP contribution in [0.3, 0.4) is 0 Å². The molecule has 0 fully saturated rings. The molecule has 0 unspecified atom stereocenters. The van der Waals surface area contributed by atoms with Gasteiger partial charge in [0.1, 0.15) is 17.8 Å². The fourth-order valence-electron chi connectivity index (χ4n) is 2.85. The monoisotopic (exact) mass is 365 g/mol. The highest BCUT2D eigenvalue weighted by Crippen LogP contribution is 2.19. The number of benzene rings is 1. The lowest BCUT2D eigenvalue weighted by molar-refractivity contribution is 0.0948. The van der Waals surface area contributed by atoms with Gasteiger partial charge in [0.15, 0.2) is 5.82 Å². The molecule has 3 heterocycles. The molecule has 10 heteroatoms. The van der Waals surface area contributed by atoms with Crippen molar-refractivity contribution < 1.29 is 4.79 Å². The van der Waals surface area contributed by atoms with Gasteiger partial charge < -0.3 is 10.3 Å². The van der Waals surface area contributed by atoms with E-state index >= 15 is 0 Å². The minimum atomic E-state index is -0.224. The van der Waals surface area contributed by atoms with Gasteiger partial charge in [0.25, 0.3) is 5.91 Å². The lowest BCUT2D eigenvalue weighted by Gasteiger charge is -2.02. The quantitative estimate of drug-likeness (QED) is 0.441. The molecule has 0 aliphatic rings. The normalized spacial score (nSPS) is 11.2. The minimum absolute atomic E-state index is 0.224. The summed E-state index contributed by atoms with van der Waals surface area (Å²) in [6.07, 6.45) is 2.94. The molecule has 27 heavy (non-hydrogen) atoms. The van der Waals surface area contributed by atoms with Crippen molar-refractivity contribution in [3.05, 3.63) is 47.2 Å². The van der Waals surface area contributed by atoms with Gasteiger partial charge in [-0.05, 0) is 47.9 Å². The van der Waals surface area contributed by atoms with Crippen LogP contribution in [0.1, 0.15) is 33.9 Å². The molecule has 0 aliphatic carbocycles. The third-order valence-electron chi connectivity index (χ3n) is 4.50. The number of aryl methyl sites for hydroxylation is 3. The number of H-pyrrole nitrogens is 2. The SMILES string of the molecule is Cc1ccc2[nH]c(CCCNC(=O)c3cc(-n4cnnn4)n[nH]3)nc2c1C. The number of nitrogens with one attached hydrogen (secondary N) is 3. The second-order valence-corrected chi connectivity index (χ2v) is 6.34. The van der Waals surface area contributed by atoms with Crippen LogP contribution in [-0.4, -0.2) is 52.8 Å². The van der Waals surface area contributed by atoms with Crippen LogP contribution in [0.4, 0.5) is 0 Å². The highest BCUT2D eigenvalue weighted by Gasteiger charge is 2.11. The van der Waals surface area contributed by atoms with Crippen LogP contribution in [0, 0.1) is 13.8 Å². The zero-order valence-corrected chi connectivity index (χ0v) is 15.0. The Morgan fingerprint density at radius 1 is 1.30 bits per heavy atom. The van der Waals surface area contributed by atoms with E-state index in [9.17, 15) is 4.79 Å². The maximum atomic E-state index is 12.2. The first-order valence-electron chi connectivity index (χ1n) is 8.63. The molecule has 0 radical (unpaired) electrons. The summed E-state index contributed by atoms with van der Waals surface area (Å²) in [6.45, 7) is 4.70. The van der Waals surface area contributed by atoms with Crippen molar-refractivity contribution in [2.24, 2.45) is 0 Å². The lowest BCUT2D eigenvalue weighted by Crippen LogP contribution is -2.25. The van der Waals surface area contributed by atoms with E-state index in [-0.39, 0.29) is 5.91 Å². The zero-order chi connectivity index (χ0) is 18.8. The first-order chi connectivity index (χ1) is 13.1. The van der Waals surface area contributed by atoms with Crippen molar-refractivity contribution in [3.63, 3.8) is 0 Å². The summed E-state index contributed by atoms with van der Waals surface area (Å²) in [5, 5.41) is 20.4. The van der Waals surface area contributed by atoms with Gasteiger partial charge in [0.05, 0.1) is 11.0 Å². The number of amides is 1. The van der Waals surface area contributed by atoms with E-state index in [1.807, 2.05) is 0 Å². The Morgan fingerprint density at radius 2 is 2.19 bits per heavy atom. The van der Waals surface area contributed by atoms with E-state index in [1.54, 1.807) is 6.07 Å². The number of aromatic nitrogens is 8. The Hall–Kier alpha value is -3.56. The van der Waals surface area contributed by atoms with Gasteiger partial charge in [-0.2, -0.15) is 9.78 Å². The molecule has 0 saturated carbocycles. The van der Waals surface area contributed by atoms with Crippen molar-refractivity contribution in [1.82, 2.24) is 45.7 Å². The first kappa shape index (κ1) is 16.9. The standard InChI is InChI=1S/C17H19N9O/c1-10-5-6-12-16(11(10)2)21-14(20-12)4-3-7-18-17(27)13-8-15(23-22-13)26-9-19-24-25-26/h5-6,8-9H,3-4,7H2,1-2H3,(H,18,27)(H,20,21)(H,22,23). The van der Waals surface area contributed by atoms with Crippen LogP contribution in [0.15, 0.2) is 24.5 Å². The number of hydrogen-bond donors (Lipinski definition) is 3. The molecule has 3 aromatic heterocycles. The Bertz CT molecular complexity index is 1080. The Kier molecular flexibility index (Phi) is 4.37. The van der Waals surface area contributed by atoms with Crippen LogP contribution < -0.4 is 5.32 Å². The molecule has 138 valence electrons. The van der Waals surface area contributed by atoms with E-state index in [2.05, 4.69) is 67.0 Å². The number of imidazole rings is 1. The summed E-state index contributed by atoms with van der Waals surface area (Å²) in [5.41, 5.74) is 4.84. The molecule has 10 nitrogen and oxygen atoms in total. The summed E-state index contributed by atoms with van der Waals surface area (Å²) in [7, 11) is 0. The maximum absolute atomic E-state index is 12.2. The average molecular weight is 365 g/mol. The number of hydrogen-bond acceptors (Lipinski definition) is 6. The molecule has 4 aromatic rings. The molecule has 0 saturated heterocycles. The van der Waals surface area contributed by atoms with E-state index < -0.39 is 0 Å². The fraction of sp³-hybridized carbons (Fsp3) is 0.294. The van der Waals surface area contributed by atoms with E-state index in [4.69, 9.17) is 0 Å². The summed E-state index contributed by atoms with van der Waals surface area (Å²) in [4.78, 5) is 20.2. The molecule has 0 aliphatic heterocycles. The number of nitrogens with zero attached hydrogens (tertiary/aromatic N) is 6. The van der Waals surface area contributed by atoms with Gasteiger partial charge in [-0.25, -0.2) is 4.98 Å². The topological polar surface area (TPSA) is 130 Å². The number of carbonyl (C=O) groups excluding carboxylic acids is 1. The molecule has 0 bridgehead atoms. The molecular formula is C17H19N9O. The average Bonchev–Trinajstić information content (AvgIpc) is 3.41. The summed E-state index contributed by atoms with van der Waals surface area (Å²) < 4.78 is 1.37. The summed E-state index contributed by atoms with van der Waals surface area (Å²) in [6, 6.07) is 5.74. The molecule has 4 rings (SSSR count). The second-order valence-electron chi connectivity index (χ2n) is 6.34. The number of aromatic amines is 2. The van der Waals surface area contributed by atoms with Crippen molar-refractivity contribution in [1.29, 1.82) is 0 Å². The van der Waals surface area contributed by atoms with Crippen LogP contribution in [-0.2, 0) is 6.42 Å². The van der Waals surface area contributed by atoms with Crippen molar-refractivity contribution in [3.8, 4) is 5.82 Å². The smallest absolute Gasteiger partial charge is 0.269 e. The van der Waals surface area contributed by atoms with E-state index in [0.717, 1.165) is 29.7 Å². The Labute approximate surface area is 154 Å². The van der Waals surface area contributed by atoms with Gasteiger partial charge in [0.2, 0.25) is 0 Å². The molecule has 0 atom stereocenters. The van der Waals surface area contributed by atoms with Crippen LogP contribution in [0.2, 0.25) is 0 Å². The first-order valence-corrected chi connectivity index (χ1v) is 8.63. The van der Waals surface area contributed by atoms with Crippen LogP contribution in [0.25, 0.3) is 16.9 Å². The third kappa shape index (κ3) is 3.41. The number of tetrazole rings is 1. The predicted octanol–water partition coefficient (Wildman–Crippen LogP) is 1.24. The lowest BCUT2D eigenvalue weighted by atomic mass is 10.1. The van der Waals surface area contributed by atoms with Crippen molar-refractivity contribution >= 4 is 16.9 Å². The molecule has 0 spiro atoms. The Balaban J connectivity index is 1.31. The van der Waals surface area contributed by atoms with Gasteiger partial charge in [-0.3, -0.25) is 9.89 Å². The molecule has 1 amide bonds. The third-order valence-corrected chi connectivity index (χ3v) is 4.50. The molecule has 1 aromatic carbocycles. The predicted molar refractivity (Wildman–Crippen MR) is 97.5 cm³/mol. The second kappa shape index (κ2) is 6.98.